The van der Waals surface area contributed by atoms with Gasteiger partial charge in [-0.25, -0.2) is 4.98 Å². The Hall–Kier alpha value is -0.750. The lowest BCUT2D eigenvalue weighted by Gasteiger charge is -2.13. The third-order valence-corrected chi connectivity index (χ3v) is 4.82. The number of halogens is 2. The van der Waals surface area contributed by atoms with E-state index in [0.717, 1.165) is 9.37 Å². The number of benzene rings is 1. The molecule has 0 amide bonds. The van der Waals surface area contributed by atoms with Crippen LogP contribution in [0.2, 0.25) is 5.02 Å². The summed E-state index contributed by atoms with van der Waals surface area (Å²) in [7, 11) is 0. The Kier molecular flexibility index (Phi) is 5.10. The normalized spacial score (nSPS) is 12.4. The second-order valence-corrected chi connectivity index (χ2v) is 6.24. The van der Waals surface area contributed by atoms with Crippen LogP contribution in [-0.2, 0) is 0 Å². The van der Waals surface area contributed by atoms with Gasteiger partial charge in [0.2, 0.25) is 0 Å². The topological polar surface area (TPSA) is 59.1 Å². The monoisotopic (exact) mass is 358 g/mol. The van der Waals surface area contributed by atoms with E-state index in [1.165, 1.54) is 6.20 Å². The molecule has 0 aliphatic rings. The fourth-order valence-corrected chi connectivity index (χ4v) is 3.24. The number of nitrogens with two attached hydrogens (primary N) is 1. The van der Waals surface area contributed by atoms with Crippen molar-refractivity contribution in [1.29, 1.82) is 0 Å². The molecule has 6 heteroatoms. The zero-order valence-corrected chi connectivity index (χ0v) is 13.0. The van der Waals surface area contributed by atoms with Crippen molar-refractivity contribution in [2.75, 3.05) is 11.5 Å². The lowest BCUT2D eigenvalue weighted by Crippen LogP contribution is -2.06. The van der Waals surface area contributed by atoms with Crippen LogP contribution in [0, 0.1) is 0 Å². The summed E-state index contributed by atoms with van der Waals surface area (Å²) >= 11 is 10.9. The minimum Gasteiger partial charge on any atom is -0.387 e. The lowest BCUT2D eigenvalue weighted by atomic mass is 10.1. The molecule has 0 radical (unpaired) electrons. The van der Waals surface area contributed by atoms with E-state index in [-0.39, 0.29) is 0 Å². The minimum absolute atomic E-state index is 0.310. The van der Waals surface area contributed by atoms with Crippen molar-refractivity contribution in [2.45, 2.75) is 11.0 Å². The highest BCUT2D eigenvalue weighted by molar-refractivity contribution is 9.10. The molecule has 1 heterocycles. The molecule has 0 aliphatic carbocycles. The van der Waals surface area contributed by atoms with Crippen LogP contribution in [0.25, 0.3) is 0 Å². The maximum Gasteiger partial charge on any atom is 0.129 e. The van der Waals surface area contributed by atoms with Gasteiger partial charge in [0.15, 0.2) is 0 Å². The quantitative estimate of drug-likeness (QED) is 0.813. The summed E-state index contributed by atoms with van der Waals surface area (Å²) in [6.07, 6.45) is 0.761. The second kappa shape index (κ2) is 6.61. The van der Waals surface area contributed by atoms with Crippen molar-refractivity contribution in [1.82, 2.24) is 4.98 Å². The number of rotatable bonds is 4. The van der Waals surface area contributed by atoms with Crippen molar-refractivity contribution in [2.24, 2.45) is 0 Å². The number of aliphatic hydroxyl groups excluding tert-OH is 1. The van der Waals surface area contributed by atoms with Gasteiger partial charge in [0.25, 0.3) is 0 Å². The predicted molar refractivity (Wildman–Crippen MR) is 83.5 cm³/mol. The maximum absolute atomic E-state index is 10.2. The number of nitrogen functional groups attached to an aromatic ring is 1. The molecule has 1 aromatic heterocycles. The zero-order valence-electron chi connectivity index (χ0n) is 9.88. The van der Waals surface area contributed by atoms with E-state index in [1.54, 1.807) is 17.8 Å². The number of thioether (sulfide) groups is 1. The molecule has 100 valence electrons. The van der Waals surface area contributed by atoms with Gasteiger partial charge >= 0.3 is 0 Å². The molecule has 2 rings (SSSR count). The molecular weight excluding hydrogens is 348 g/mol. The number of anilines is 1. The smallest absolute Gasteiger partial charge is 0.129 e. The number of aliphatic hydroxyl groups is 1. The first-order valence-electron chi connectivity index (χ1n) is 5.54. The number of aromatic nitrogens is 1. The van der Waals surface area contributed by atoms with Crippen LogP contribution < -0.4 is 5.73 Å². The molecule has 0 saturated carbocycles. The number of nitrogens with zero attached hydrogens (tertiary/aromatic N) is 1. The molecule has 0 fully saturated rings. The van der Waals surface area contributed by atoms with Crippen molar-refractivity contribution in [3.05, 3.63) is 51.6 Å². The van der Waals surface area contributed by atoms with E-state index in [0.29, 0.717) is 22.2 Å². The van der Waals surface area contributed by atoms with Crippen molar-refractivity contribution in [3.63, 3.8) is 0 Å². The SMILES string of the molecule is Nc1ncc(Cl)cc1C(O)CSc1ccccc1Br. The molecule has 0 bridgehead atoms. The van der Waals surface area contributed by atoms with E-state index < -0.39 is 6.10 Å². The van der Waals surface area contributed by atoms with Gasteiger partial charge in [-0.2, -0.15) is 0 Å². The van der Waals surface area contributed by atoms with E-state index in [2.05, 4.69) is 20.9 Å². The summed E-state index contributed by atoms with van der Waals surface area (Å²) in [6.45, 7) is 0. The first-order valence-corrected chi connectivity index (χ1v) is 7.70. The Morgan fingerprint density at radius 2 is 2.16 bits per heavy atom. The molecule has 1 atom stereocenters. The summed E-state index contributed by atoms with van der Waals surface area (Å²) in [6, 6.07) is 9.50. The summed E-state index contributed by atoms with van der Waals surface area (Å²) in [5.74, 6) is 0.791. The molecule has 19 heavy (non-hydrogen) atoms. The average molecular weight is 360 g/mol. The lowest BCUT2D eigenvalue weighted by molar-refractivity contribution is 0.204. The highest BCUT2D eigenvalue weighted by Crippen LogP contribution is 2.32. The molecule has 3 nitrogen and oxygen atoms in total. The van der Waals surface area contributed by atoms with Crippen molar-refractivity contribution < 1.29 is 5.11 Å². The molecule has 0 aliphatic heterocycles. The second-order valence-electron chi connectivity index (χ2n) is 3.89. The van der Waals surface area contributed by atoms with Gasteiger partial charge in [-0.15, -0.1) is 11.8 Å². The van der Waals surface area contributed by atoms with Crippen LogP contribution in [0.4, 0.5) is 5.82 Å². The molecule has 2 aromatic rings. The molecule has 3 N–H and O–H groups in total. The Bertz CT molecular complexity index is 582. The fraction of sp³-hybridized carbons (Fsp3) is 0.154. The number of pyridine rings is 1. The van der Waals surface area contributed by atoms with E-state index in [9.17, 15) is 5.11 Å². The molecule has 1 unspecified atom stereocenters. The summed E-state index contributed by atoms with van der Waals surface area (Å²) in [5.41, 5.74) is 6.30. The molecule has 1 aromatic carbocycles. The van der Waals surface area contributed by atoms with Gasteiger partial charge in [0.05, 0.1) is 11.1 Å². The molecule has 0 spiro atoms. The minimum atomic E-state index is -0.705. The van der Waals surface area contributed by atoms with Gasteiger partial charge in [-0.05, 0) is 34.1 Å². The van der Waals surface area contributed by atoms with Crippen LogP contribution in [0.15, 0.2) is 45.9 Å². The highest BCUT2D eigenvalue weighted by atomic mass is 79.9. The average Bonchev–Trinajstić information content (AvgIpc) is 2.40. The zero-order chi connectivity index (χ0) is 13.8. The van der Waals surface area contributed by atoms with Crippen LogP contribution in [0.3, 0.4) is 0 Å². The first-order chi connectivity index (χ1) is 9.08. The Morgan fingerprint density at radius 3 is 2.89 bits per heavy atom. The number of hydrogen-bond acceptors (Lipinski definition) is 4. The number of hydrogen-bond donors (Lipinski definition) is 2. The maximum atomic E-state index is 10.2. The van der Waals surface area contributed by atoms with Gasteiger partial charge in [-0.3, -0.25) is 0 Å². The van der Waals surface area contributed by atoms with Gasteiger partial charge in [-0.1, -0.05) is 23.7 Å². The largest absolute Gasteiger partial charge is 0.387 e. The summed E-state index contributed by atoms with van der Waals surface area (Å²) < 4.78 is 1.00. The molecular formula is C13H12BrClN2OS. The van der Waals surface area contributed by atoms with Gasteiger partial charge < -0.3 is 10.8 Å². The van der Waals surface area contributed by atoms with Crippen molar-refractivity contribution >= 4 is 45.1 Å². The van der Waals surface area contributed by atoms with Gasteiger partial charge in [0.1, 0.15) is 5.82 Å². The van der Waals surface area contributed by atoms with E-state index in [4.69, 9.17) is 17.3 Å². The summed E-state index contributed by atoms with van der Waals surface area (Å²) in [5, 5.41) is 10.6. The fourth-order valence-electron chi connectivity index (χ4n) is 1.55. The Morgan fingerprint density at radius 1 is 1.42 bits per heavy atom. The third-order valence-electron chi connectivity index (χ3n) is 2.51. The van der Waals surface area contributed by atoms with Crippen LogP contribution in [-0.4, -0.2) is 15.8 Å². The van der Waals surface area contributed by atoms with Crippen LogP contribution in [0.5, 0.6) is 0 Å². The Labute approximate surface area is 129 Å². The van der Waals surface area contributed by atoms with Gasteiger partial charge in [0, 0.05) is 26.9 Å². The third kappa shape index (κ3) is 3.86. The van der Waals surface area contributed by atoms with E-state index >= 15 is 0 Å². The summed E-state index contributed by atoms with van der Waals surface area (Å²) in [4.78, 5) is 5.00. The molecule has 0 saturated heterocycles. The standard InChI is InChI=1S/C13H12BrClN2OS/c14-10-3-1-2-4-12(10)19-7-11(18)9-5-8(15)6-17-13(9)16/h1-6,11,18H,7H2,(H2,16,17). The van der Waals surface area contributed by atoms with E-state index in [1.807, 2.05) is 24.3 Å². The highest BCUT2D eigenvalue weighted by Gasteiger charge is 2.14. The van der Waals surface area contributed by atoms with Crippen LogP contribution >= 0.6 is 39.3 Å². The predicted octanol–water partition coefficient (Wildman–Crippen LogP) is 3.91. The Balaban J connectivity index is 2.07. The van der Waals surface area contributed by atoms with Crippen molar-refractivity contribution in [3.8, 4) is 0 Å². The first kappa shape index (κ1) is 14.7. The van der Waals surface area contributed by atoms with Crippen LogP contribution in [0.1, 0.15) is 11.7 Å².